The third-order valence-electron chi connectivity index (χ3n) is 2.31. The molecule has 1 aliphatic rings. The zero-order valence-electron chi connectivity index (χ0n) is 6.99. The van der Waals surface area contributed by atoms with Crippen molar-refractivity contribution in [1.29, 1.82) is 0 Å². The molecule has 1 aliphatic heterocycles. The lowest BCUT2D eigenvalue weighted by molar-refractivity contribution is -0.385. The molecule has 1 atom stereocenters. The molecule has 1 aromatic rings. The molecule has 6 nitrogen and oxygen atoms in total. The lowest BCUT2D eigenvalue weighted by atomic mass is 10.0. The summed E-state index contributed by atoms with van der Waals surface area (Å²) in [5, 5.41) is 20.1. The van der Waals surface area contributed by atoms with E-state index in [0.717, 1.165) is 19.5 Å². The van der Waals surface area contributed by atoms with Gasteiger partial charge >= 0.3 is 5.69 Å². The van der Waals surface area contributed by atoms with Gasteiger partial charge in [0.1, 0.15) is 11.9 Å². The van der Waals surface area contributed by atoms with E-state index in [9.17, 15) is 10.1 Å². The summed E-state index contributed by atoms with van der Waals surface area (Å²) in [6.07, 6.45) is 2.21. The minimum absolute atomic E-state index is 0.105. The summed E-state index contributed by atoms with van der Waals surface area (Å²) in [5.41, 5.74) is 0.753. The lowest BCUT2D eigenvalue weighted by Gasteiger charge is -2.02. The maximum atomic E-state index is 10.6. The van der Waals surface area contributed by atoms with E-state index in [-0.39, 0.29) is 11.6 Å². The van der Waals surface area contributed by atoms with E-state index in [0.29, 0.717) is 5.69 Å². The summed E-state index contributed by atoms with van der Waals surface area (Å²) in [6, 6.07) is 0. The first kappa shape index (κ1) is 8.18. The van der Waals surface area contributed by atoms with Crippen molar-refractivity contribution >= 4 is 5.69 Å². The van der Waals surface area contributed by atoms with Crippen LogP contribution in [0.15, 0.2) is 6.20 Å². The minimum atomic E-state index is -0.392. The molecule has 70 valence electrons. The first-order valence-corrected chi connectivity index (χ1v) is 4.17. The van der Waals surface area contributed by atoms with Gasteiger partial charge in [-0.25, -0.2) is 0 Å². The molecule has 0 spiro atoms. The second kappa shape index (κ2) is 3.14. The maximum Gasteiger partial charge on any atom is 0.310 e. The molecule has 1 saturated heterocycles. The minimum Gasteiger partial charge on any atom is -0.316 e. The Morgan fingerprint density at radius 2 is 2.54 bits per heavy atom. The fourth-order valence-electron chi connectivity index (χ4n) is 1.64. The molecule has 2 rings (SSSR count). The number of H-pyrrole nitrogens is 1. The van der Waals surface area contributed by atoms with Gasteiger partial charge in [0, 0.05) is 12.5 Å². The number of hydrogen-bond donors (Lipinski definition) is 2. The van der Waals surface area contributed by atoms with Crippen molar-refractivity contribution in [3.63, 3.8) is 0 Å². The van der Waals surface area contributed by atoms with Gasteiger partial charge in [-0.3, -0.25) is 15.2 Å². The predicted molar refractivity (Wildman–Crippen MR) is 45.5 cm³/mol. The first-order valence-electron chi connectivity index (χ1n) is 4.17. The topological polar surface area (TPSA) is 83.8 Å². The van der Waals surface area contributed by atoms with Crippen LogP contribution in [0.4, 0.5) is 5.69 Å². The van der Waals surface area contributed by atoms with Gasteiger partial charge < -0.3 is 5.32 Å². The third kappa shape index (κ3) is 1.40. The SMILES string of the molecule is O=[N+]([O-])c1cn[nH]c1C1CCNC1. The van der Waals surface area contributed by atoms with E-state index >= 15 is 0 Å². The molecule has 2 N–H and O–H groups in total. The smallest absolute Gasteiger partial charge is 0.310 e. The van der Waals surface area contributed by atoms with Crippen LogP contribution >= 0.6 is 0 Å². The highest BCUT2D eigenvalue weighted by atomic mass is 16.6. The number of nitrogens with zero attached hydrogens (tertiary/aromatic N) is 2. The zero-order chi connectivity index (χ0) is 9.26. The van der Waals surface area contributed by atoms with E-state index in [2.05, 4.69) is 15.5 Å². The number of nitro groups is 1. The van der Waals surface area contributed by atoms with Crippen LogP contribution < -0.4 is 5.32 Å². The molecule has 0 saturated carbocycles. The van der Waals surface area contributed by atoms with Crippen molar-refractivity contribution in [3.05, 3.63) is 22.0 Å². The van der Waals surface area contributed by atoms with Crippen LogP contribution in [0.5, 0.6) is 0 Å². The fraction of sp³-hybridized carbons (Fsp3) is 0.571. The highest BCUT2D eigenvalue weighted by Gasteiger charge is 2.26. The van der Waals surface area contributed by atoms with Gasteiger partial charge in [-0.05, 0) is 13.0 Å². The summed E-state index contributed by atoms with van der Waals surface area (Å²) in [5.74, 6) is 0.211. The van der Waals surface area contributed by atoms with Gasteiger partial charge in [0.2, 0.25) is 0 Å². The van der Waals surface area contributed by atoms with Crippen molar-refractivity contribution in [1.82, 2.24) is 15.5 Å². The van der Waals surface area contributed by atoms with Crippen LogP contribution in [-0.2, 0) is 0 Å². The van der Waals surface area contributed by atoms with Crippen molar-refractivity contribution in [2.75, 3.05) is 13.1 Å². The van der Waals surface area contributed by atoms with Gasteiger partial charge in [0.15, 0.2) is 0 Å². The summed E-state index contributed by atoms with van der Waals surface area (Å²) in [4.78, 5) is 10.2. The number of rotatable bonds is 2. The molecule has 0 amide bonds. The van der Waals surface area contributed by atoms with Crippen molar-refractivity contribution in [2.45, 2.75) is 12.3 Å². The maximum absolute atomic E-state index is 10.6. The predicted octanol–water partition coefficient (Wildman–Crippen LogP) is 0.395. The second-order valence-corrected chi connectivity index (χ2v) is 3.12. The molecule has 1 fully saturated rings. The highest BCUT2D eigenvalue weighted by Crippen LogP contribution is 2.27. The number of nitrogens with one attached hydrogen (secondary N) is 2. The van der Waals surface area contributed by atoms with Crippen LogP contribution in [0, 0.1) is 10.1 Å². The molecule has 0 aliphatic carbocycles. The third-order valence-corrected chi connectivity index (χ3v) is 2.31. The number of aromatic amines is 1. The molecule has 1 unspecified atom stereocenters. The Morgan fingerprint density at radius 3 is 3.15 bits per heavy atom. The normalized spacial score (nSPS) is 22.0. The molecule has 0 aromatic carbocycles. The zero-order valence-corrected chi connectivity index (χ0v) is 6.99. The summed E-state index contributed by atoms with van der Waals surface area (Å²) in [7, 11) is 0. The van der Waals surface area contributed by atoms with Gasteiger partial charge in [-0.1, -0.05) is 0 Å². The van der Waals surface area contributed by atoms with Gasteiger partial charge in [-0.2, -0.15) is 5.10 Å². The molecule has 2 heterocycles. The van der Waals surface area contributed by atoms with Crippen LogP contribution in [0.1, 0.15) is 18.0 Å². The Hall–Kier alpha value is -1.43. The Bertz CT molecular complexity index is 316. The fourth-order valence-corrected chi connectivity index (χ4v) is 1.64. The van der Waals surface area contributed by atoms with Gasteiger partial charge in [0.05, 0.1) is 4.92 Å². The summed E-state index contributed by atoms with van der Waals surface area (Å²) < 4.78 is 0. The van der Waals surface area contributed by atoms with Crippen LogP contribution in [0.25, 0.3) is 0 Å². The molecule has 1 aromatic heterocycles. The Kier molecular flexibility index (Phi) is 1.97. The first-order chi connectivity index (χ1) is 6.29. The lowest BCUT2D eigenvalue weighted by Crippen LogP contribution is -2.09. The standard InChI is InChI=1S/C7H10N4O2/c12-11(13)6-4-9-10-7(6)5-1-2-8-3-5/h4-5,8H,1-3H2,(H,9,10). The summed E-state index contributed by atoms with van der Waals surface area (Å²) in [6.45, 7) is 1.71. The summed E-state index contributed by atoms with van der Waals surface area (Å²) >= 11 is 0. The van der Waals surface area contributed by atoms with Crippen molar-refractivity contribution in [2.24, 2.45) is 0 Å². The van der Waals surface area contributed by atoms with Crippen LogP contribution in [0.3, 0.4) is 0 Å². The van der Waals surface area contributed by atoms with E-state index in [1.54, 1.807) is 0 Å². The molecule has 13 heavy (non-hydrogen) atoms. The van der Waals surface area contributed by atoms with Gasteiger partial charge in [0.25, 0.3) is 0 Å². The molecular formula is C7H10N4O2. The second-order valence-electron chi connectivity index (χ2n) is 3.12. The Balaban J connectivity index is 2.28. The van der Waals surface area contributed by atoms with E-state index < -0.39 is 4.92 Å². The largest absolute Gasteiger partial charge is 0.316 e. The van der Waals surface area contributed by atoms with Crippen molar-refractivity contribution < 1.29 is 4.92 Å². The quantitative estimate of drug-likeness (QED) is 0.512. The van der Waals surface area contributed by atoms with Crippen molar-refractivity contribution in [3.8, 4) is 0 Å². The average molecular weight is 182 g/mol. The average Bonchev–Trinajstić information content (AvgIpc) is 2.74. The van der Waals surface area contributed by atoms with Crippen LogP contribution in [0.2, 0.25) is 0 Å². The number of aromatic nitrogens is 2. The Morgan fingerprint density at radius 1 is 1.69 bits per heavy atom. The molecule has 0 radical (unpaired) electrons. The molecule has 6 heteroatoms. The Labute approximate surface area is 74.5 Å². The molecular weight excluding hydrogens is 172 g/mol. The molecule has 0 bridgehead atoms. The van der Waals surface area contributed by atoms with E-state index in [4.69, 9.17) is 0 Å². The highest BCUT2D eigenvalue weighted by molar-refractivity contribution is 5.35. The van der Waals surface area contributed by atoms with Gasteiger partial charge in [-0.15, -0.1) is 0 Å². The van der Waals surface area contributed by atoms with Crippen LogP contribution in [-0.4, -0.2) is 28.2 Å². The van der Waals surface area contributed by atoms with E-state index in [1.807, 2.05) is 0 Å². The van der Waals surface area contributed by atoms with E-state index in [1.165, 1.54) is 6.20 Å². The monoisotopic (exact) mass is 182 g/mol. The number of hydrogen-bond acceptors (Lipinski definition) is 4.